The number of urea groups is 1. The number of nitrogens with one attached hydrogen (secondary N) is 2. The lowest BCUT2D eigenvalue weighted by Crippen LogP contribution is -2.29. The molecular weight excluding hydrogens is 228 g/mol. The van der Waals surface area contributed by atoms with Crippen molar-refractivity contribution in [3.05, 3.63) is 42.7 Å². The van der Waals surface area contributed by atoms with Crippen LogP contribution >= 0.6 is 0 Å². The van der Waals surface area contributed by atoms with Crippen molar-refractivity contribution in [2.75, 3.05) is 11.9 Å². The van der Waals surface area contributed by atoms with Gasteiger partial charge in [-0.05, 0) is 24.6 Å². The molecule has 2 aromatic rings. The maximum Gasteiger partial charge on any atom is 0.319 e. The van der Waals surface area contributed by atoms with Crippen LogP contribution in [-0.2, 0) is 0 Å². The van der Waals surface area contributed by atoms with Gasteiger partial charge in [-0.3, -0.25) is 0 Å². The maximum atomic E-state index is 11.6. The highest BCUT2D eigenvalue weighted by molar-refractivity contribution is 5.91. The predicted octanol–water partition coefficient (Wildman–Crippen LogP) is 2.40. The van der Waals surface area contributed by atoms with Gasteiger partial charge in [-0.1, -0.05) is 19.1 Å². The van der Waals surface area contributed by atoms with Crippen LogP contribution in [0.4, 0.5) is 10.5 Å². The van der Waals surface area contributed by atoms with Gasteiger partial charge in [-0.15, -0.1) is 0 Å². The van der Waals surface area contributed by atoms with E-state index in [4.69, 9.17) is 0 Å². The summed E-state index contributed by atoms with van der Waals surface area (Å²) in [5, 5.41) is 9.76. The van der Waals surface area contributed by atoms with E-state index in [1.165, 1.54) is 0 Å². The highest BCUT2D eigenvalue weighted by Gasteiger charge is 2.06. The highest BCUT2D eigenvalue weighted by atomic mass is 16.2. The van der Waals surface area contributed by atoms with Crippen molar-refractivity contribution in [3.8, 4) is 5.69 Å². The van der Waals surface area contributed by atoms with Crippen LogP contribution in [0.15, 0.2) is 42.7 Å². The van der Waals surface area contributed by atoms with Gasteiger partial charge in [-0.2, -0.15) is 5.10 Å². The molecule has 5 heteroatoms. The second kappa shape index (κ2) is 5.86. The molecule has 1 aromatic heterocycles. The van der Waals surface area contributed by atoms with E-state index in [1.807, 2.05) is 43.5 Å². The number of aromatic nitrogens is 2. The monoisotopic (exact) mass is 244 g/mol. The minimum atomic E-state index is -0.198. The molecule has 0 unspecified atom stereocenters. The summed E-state index contributed by atoms with van der Waals surface area (Å²) in [6, 6.07) is 9.18. The van der Waals surface area contributed by atoms with Gasteiger partial charge in [0.25, 0.3) is 0 Å². The first-order valence-corrected chi connectivity index (χ1v) is 5.95. The van der Waals surface area contributed by atoms with Crippen LogP contribution in [0.2, 0.25) is 0 Å². The van der Waals surface area contributed by atoms with E-state index < -0.39 is 0 Å². The summed E-state index contributed by atoms with van der Waals surface area (Å²) in [6.45, 7) is 2.67. The quantitative estimate of drug-likeness (QED) is 0.867. The van der Waals surface area contributed by atoms with E-state index in [0.717, 1.165) is 17.8 Å². The van der Waals surface area contributed by atoms with Gasteiger partial charge in [0.05, 0.1) is 11.4 Å². The molecule has 1 heterocycles. The highest BCUT2D eigenvalue weighted by Crippen LogP contribution is 2.18. The fraction of sp³-hybridized carbons (Fsp3) is 0.231. The molecule has 0 spiro atoms. The van der Waals surface area contributed by atoms with Crippen LogP contribution in [0.5, 0.6) is 0 Å². The minimum Gasteiger partial charge on any atom is -0.338 e. The molecule has 1 aromatic carbocycles. The van der Waals surface area contributed by atoms with Crippen molar-refractivity contribution in [3.63, 3.8) is 0 Å². The number of hydrogen-bond acceptors (Lipinski definition) is 2. The molecule has 5 nitrogen and oxygen atoms in total. The topological polar surface area (TPSA) is 59.0 Å². The number of nitrogens with zero attached hydrogens (tertiary/aromatic N) is 2. The molecule has 0 fully saturated rings. The molecule has 0 saturated carbocycles. The zero-order valence-electron chi connectivity index (χ0n) is 10.3. The molecule has 0 aliphatic carbocycles. The first-order valence-electron chi connectivity index (χ1n) is 5.95. The number of para-hydroxylation sites is 2. The number of carbonyl (C=O) groups excluding carboxylic acids is 1. The average Bonchev–Trinajstić information content (AvgIpc) is 2.91. The van der Waals surface area contributed by atoms with Gasteiger partial charge >= 0.3 is 6.03 Å². The van der Waals surface area contributed by atoms with E-state index >= 15 is 0 Å². The summed E-state index contributed by atoms with van der Waals surface area (Å²) < 4.78 is 1.72. The van der Waals surface area contributed by atoms with Crippen molar-refractivity contribution in [1.29, 1.82) is 0 Å². The van der Waals surface area contributed by atoms with Gasteiger partial charge in [0, 0.05) is 18.9 Å². The summed E-state index contributed by atoms with van der Waals surface area (Å²) >= 11 is 0. The smallest absolute Gasteiger partial charge is 0.319 e. The summed E-state index contributed by atoms with van der Waals surface area (Å²) in [4.78, 5) is 11.6. The van der Waals surface area contributed by atoms with Crippen LogP contribution < -0.4 is 10.6 Å². The Kier molecular flexibility index (Phi) is 3.96. The van der Waals surface area contributed by atoms with E-state index in [2.05, 4.69) is 15.7 Å². The standard InChI is InChI=1S/C13H16N4O/c1-2-8-14-13(18)16-11-6-3-4-7-12(11)17-10-5-9-15-17/h3-7,9-10H,2,8H2,1H3,(H2,14,16,18). The zero-order chi connectivity index (χ0) is 12.8. The fourth-order valence-electron chi connectivity index (χ4n) is 1.60. The number of anilines is 1. The molecule has 0 aliphatic rings. The van der Waals surface area contributed by atoms with Crippen molar-refractivity contribution >= 4 is 11.7 Å². The van der Waals surface area contributed by atoms with Gasteiger partial charge < -0.3 is 10.6 Å². The third kappa shape index (κ3) is 2.88. The third-order valence-electron chi connectivity index (χ3n) is 2.44. The molecular formula is C13H16N4O. The van der Waals surface area contributed by atoms with Crippen molar-refractivity contribution < 1.29 is 4.79 Å². The molecule has 0 radical (unpaired) electrons. The Morgan fingerprint density at radius 3 is 2.89 bits per heavy atom. The Morgan fingerprint density at radius 2 is 2.17 bits per heavy atom. The molecule has 0 aliphatic heterocycles. The van der Waals surface area contributed by atoms with E-state index in [9.17, 15) is 4.79 Å². The molecule has 94 valence electrons. The zero-order valence-corrected chi connectivity index (χ0v) is 10.3. The minimum absolute atomic E-state index is 0.198. The summed E-state index contributed by atoms with van der Waals surface area (Å²) in [5.41, 5.74) is 1.57. The van der Waals surface area contributed by atoms with E-state index in [-0.39, 0.29) is 6.03 Å². The Balaban J connectivity index is 2.16. The summed E-state index contributed by atoms with van der Waals surface area (Å²) in [6.07, 6.45) is 4.45. The van der Waals surface area contributed by atoms with E-state index in [1.54, 1.807) is 10.9 Å². The number of rotatable bonds is 4. The number of amides is 2. The van der Waals surface area contributed by atoms with Crippen LogP contribution in [0.25, 0.3) is 5.69 Å². The molecule has 0 saturated heterocycles. The van der Waals surface area contributed by atoms with Gasteiger partial charge in [0.1, 0.15) is 0 Å². The molecule has 0 bridgehead atoms. The normalized spacial score (nSPS) is 10.1. The number of hydrogen-bond donors (Lipinski definition) is 2. The maximum absolute atomic E-state index is 11.6. The largest absolute Gasteiger partial charge is 0.338 e. The molecule has 2 amide bonds. The van der Waals surface area contributed by atoms with Crippen LogP contribution in [0, 0.1) is 0 Å². The second-order valence-corrected chi connectivity index (χ2v) is 3.85. The second-order valence-electron chi connectivity index (χ2n) is 3.85. The van der Waals surface area contributed by atoms with E-state index in [0.29, 0.717) is 6.54 Å². The van der Waals surface area contributed by atoms with Crippen LogP contribution in [0.3, 0.4) is 0 Å². The van der Waals surface area contributed by atoms with Gasteiger partial charge in [0.2, 0.25) is 0 Å². The molecule has 18 heavy (non-hydrogen) atoms. The Morgan fingerprint density at radius 1 is 1.33 bits per heavy atom. The van der Waals surface area contributed by atoms with Gasteiger partial charge in [-0.25, -0.2) is 9.48 Å². The summed E-state index contributed by atoms with van der Waals surface area (Å²) in [5.74, 6) is 0. The third-order valence-corrected chi connectivity index (χ3v) is 2.44. The first kappa shape index (κ1) is 12.2. The Hall–Kier alpha value is -2.30. The molecule has 0 atom stereocenters. The predicted molar refractivity (Wildman–Crippen MR) is 70.9 cm³/mol. The van der Waals surface area contributed by atoms with Crippen molar-refractivity contribution in [2.24, 2.45) is 0 Å². The number of benzene rings is 1. The SMILES string of the molecule is CCCNC(=O)Nc1ccccc1-n1cccn1. The first-order chi connectivity index (χ1) is 8.81. The Labute approximate surface area is 106 Å². The fourth-order valence-corrected chi connectivity index (χ4v) is 1.60. The molecule has 2 rings (SSSR count). The summed E-state index contributed by atoms with van der Waals surface area (Å²) in [7, 11) is 0. The average molecular weight is 244 g/mol. The van der Waals surface area contributed by atoms with Gasteiger partial charge in [0.15, 0.2) is 0 Å². The van der Waals surface area contributed by atoms with Crippen molar-refractivity contribution in [2.45, 2.75) is 13.3 Å². The molecule has 2 N–H and O–H groups in total. The van der Waals surface area contributed by atoms with Crippen molar-refractivity contribution in [1.82, 2.24) is 15.1 Å². The van der Waals surface area contributed by atoms with Crippen LogP contribution in [-0.4, -0.2) is 22.4 Å². The number of carbonyl (C=O) groups is 1. The lowest BCUT2D eigenvalue weighted by Gasteiger charge is -2.11. The van der Waals surface area contributed by atoms with Crippen LogP contribution in [0.1, 0.15) is 13.3 Å². The lowest BCUT2D eigenvalue weighted by molar-refractivity contribution is 0.252. The Bertz CT molecular complexity index is 507. The lowest BCUT2D eigenvalue weighted by atomic mass is 10.2.